The summed E-state index contributed by atoms with van der Waals surface area (Å²) < 4.78 is 27.2. The van der Waals surface area contributed by atoms with Crippen LogP contribution in [0, 0.1) is 6.92 Å². The zero-order valence-electron chi connectivity index (χ0n) is 10.6. The summed E-state index contributed by atoms with van der Waals surface area (Å²) in [5.41, 5.74) is 0.973. The van der Waals surface area contributed by atoms with Crippen LogP contribution in [0.3, 0.4) is 0 Å². The first-order chi connectivity index (χ1) is 8.91. The van der Waals surface area contributed by atoms with E-state index in [1.807, 2.05) is 37.3 Å². The lowest BCUT2D eigenvalue weighted by atomic mass is 10.2. The maximum atomic E-state index is 12.5. The van der Waals surface area contributed by atoms with Crippen molar-refractivity contribution in [2.45, 2.75) is 18.4 Å². The third-order valence-electron chi connectivity index (χ3n) is 2.78. The van der Waals surface area contributed by atoms with Crippen molar-refractivity contribution in [3.05, 3.63) is 50.6 Å². The Morgan fingerprint density at radius 1 is 1.26 bits per heavy atom. The second kappa shape index (κ2) is 5.75. The van der Waals surface area contributed by atoms with Crippen molar-refractivity contribution >= 4 is 37.3 Å². The highest BCUT2D eigenvalue weighted by Gasteiger charge is 2.24. The number of hydrogen-bond donors (Lipinski definition) is 0. The molecule has 2 rings (SSSR count). The molecule has 0 radical (unpaired) electrons. The van der Waals surface area contributed by atoms with E-state index in [-0.39, 0.29) is 0 Å². The first-order valence-corrected chi connectivity index (χ1v) is 8.72. The summed E-state index contributed by atoms with van der Waals surface area (Å²) in [5, 5.41) is 0. The predicted molar refractivity (Wildman–Crippen MR) is 81.9 cm³/mol. The van der Waals surface area contributed by atoms with Gasteiger partial charge < -0.3 is 0 Å². The van der Waals surface area contributed by atoms with Gasteiger partial charge in [-0.25, -0.2) is 8.42 Å². The molecule has 1 aromatic heterocycles. The minimum atomic E-state index is -3.43. The molecule has 0 saturated carbocycles. The number of benzene rings is 1. The lowest BCUT2D eigenvalue weighted by Gasteiger charge is -2.17. The van der Waals surface area contributed by atoms with Gasteiger partial charge in [0.05, 0.1) is 8.68 Å². The Labute approximate surface area is 126 Å². The van der Waals surface area contributed by atoms with Gasteiger partial charge in [0.2, 0.25) is 10.0 Å². The quantitative estimate of drug-likeness (QED) is 0.835. The molecule has 1 heterocycles. The molecule has 102 valence electrons. The predicted octanol–water partition coefficient (Wildman–Crippen LogP) is 3.64. The Morgan fingerprint density at radius 2 is 1.89 bits per heavy atom. The molecule has 0 bridgehead atoms. The van der Waals surface area contributed by atoms with Crippen LogP contribution in [-0.2, 0) is 16.6 Å². The van der Waals surface area contributed by atoms with Crippen molar-refractivity contribution in [2.75, 3.05) is 7.05 Å². The van der Waals surface area contributed by atoms with Gasteiger partial charge in [-0.3, -0.25) is 0 Å². The highest BCUT2D eigenvalue weighted by molar-refractivity contribution is 9.11. The third kappa shape index (κ3) is 3.25. The summed E-state index contributed by atoms with van der Waals surface area (Å²) >= 11 is 4.76. The van der Waals surface area contributed by atoms with Crippen LogP contribution in [0.4, 0.5) is 0 Å². The minimum absolute atomic E-state index is 0.371. The van der Waals surface area contributed by atoms with Crippen molar-refractivity contribution in [2.24, 2.45) is 0 Å². The van der Waals surface area contributed by atoms with Gasteiger partial charge in [-0.15, -0.1) is 11.3 Å². The lowest BCUT2D eigenvalue weighted by molar-refractivity contribution is 0.466. The Bertz CT molecular complexity index is 665. The monoisotopic (exact) mass is 359 g/mol. The normalized spacial score (nSPS) is 12.0. The fraction of sp³-hybridized carbons (Fsp3) is 0.231. The van der Waals surface area contributed by atoms with E-state index in [4.69, 9.17) is 0 Å². The van der Waals surface area contributed by atoms with Crippen LogP contribution in [0.5, 0.6) is 0 Å². The van der Waals surface area contributed by atoms with E-state index >= 15 is 0 Å². The molecule has 0 aliphatic carbocycles. The fourth-order valence-corrected chi connectivity index (χ4v) is 5.32. The third-order valence-corrected chi connectivity index (χ3v) is 6.39. The summed E-state index contributed by atoms with van der Waals surface area (Å²) in [5.74, 6) is 0. The Balaban J connectivity index is 2.27. The van der Waals surface area contributed by atoms with Crippen molar-refractivity contribution in [1.29, 1.82) is 0 Å². The number of sulfonamides is 1. The number of aryl methyl sites for hydroxylation is 1. The zero-order valence-corrected chi connectivity index (χ0v) is 13.8. The Kier molecular flexibility index (Phi) is 4.45. The lowest BCUT2D eigenvalue weighted by Crippen LogP contribution is -2.26. The van der Waals surface area contributed by atoms with Crippen LogP contribution in [0.2, 0.25) is 0 Å². The minimum Gasteiger partial charge on any atom is -0.207 e. The Hall–Kier alpha value is -0.690. The van der Waals surface area contributed by atoms with Crippen molar-refractivity contribution in [1.82, 2.24) is 4.31 Å². The molecule has 0 aliphatic heterocycles. The van der Waals surface area contributed by atoms with E-state index in [2.05, 4.69) is 15.9 Å². The molecule has 0 saturated heterocycles. The van der Waals surface area contributed by atoms with Gasteiger partial charge in [0, 0.05) is 18.5 Å². The van der Waals surface area contributed by atoms with Crippen LogP contribution < -0.4 is 0 Å². The molecule has 1 aromatic carbocycles. The Morgan fingerprint density at radius 3 is 2.42 bits per heavy atom. The highest BCUT2D eigenvalue weighted by Crippen LogP contribution is 2.31. The summed E-state index contributed by atoms with van der Waals surface area (Å²) in [6.45, 7) is 2.19. The molecule has 0 amide bonds. The van der Waals surface area contributed by atoms with Crippen molar-refractivity contribution in [3.8, 4) is 0 Å². The molecule has 0 N–H and O–H groups in total. The van der Waals surface area contributed by atoms with Crippen LogP contribution in [0.15, 0.2) is 45.1 Å². The van der Waals surface area contributed by atoms with Crippen LogP contribution >= 0.6 is 27.3 Å². The first kappa shape index (κ1) is 14.7. The van der Waals surface area contributed by atoms with Gasteiger partial charge in [0.15, 0.2) is 0 Å². The number of rotatable bonds is 4. The summed E-state index contributed by atoms with van der Waals surface area (Å²) in [4.78, 5) is 1.18. The van der Waals surface area contributed by atoms with E-state index in [1.54, 1.807) is 13.1 Å². The maximum absolute atomic E-state index is 12.5. The van der Waals surface area contributed by atoms with E-state index in [1.165, 1.54) is 15.6 Å². The molecule has 6 heteroatoms. The molecule has 2 aromatic rings. The first-order valence-electron chi connectivity index (χ1n) is 5.67. The van der Waals surface area contributed by atoms with Gasteiger partial charge in [-0.2, -0.15) is 4.31 Å². The van der Waals surface area contributed by atoms with Gasteiger partial charge in [-0.1, -0.05) is 30.3 Å². The van der Waals surface area contributed by atoms with E-state index in [9.17, 15) is 8.42 Å². The summed E-state index contributed by atoms with van der Waals surface area (Å²) in [7, 11) is -1.83. The standard InChI is InChI=1S/C13H14BrNO2S2/c1-10-12(8-13(14)18-10)19(16,17)15(2)9-11-6-4-3-5-7-11/h3-8H,9H2,1-2H3. The zero-order chi connectivity index (χ0) is 14.0. The molecule has 0 atom stereocenters. The molecular formula is C13H14BrNO2S2. The molecule has 0 aliphatic rings. The second-order valence-corrected chi connectivity index (χ2v) is 8.87. The van der Waals surface area contributed by atoms with Gasteiger partial charge >= 0.3 is 0 Å². The summed E-state index contributed by atoms with van der Waals surface area (Å²) in [6.07, 6.45) is 0. The van der Waals surface area contributed by atoms with E-state index in [0.29, 0.717) is 11.4 Å². The number of hydrogen-bond acceptors (Lipinski definition) is 3. The molecule has 0 fully saturated rings. The van der Waals surface area contributed by atoms with Crippen LogP contribution in [0.25, 0.3) is 0 Å². The number of thiophene rings is 1. The number of halogens is 1. The number of nitrogens with zero attached hydrogens (tertiary/aromatic N) is 1. The molecule has 0 spiro atoms. The smallest absolute Gasteiger partial charge is 0.207 e. The molecular weight excluding hydrogens is 346 g/mol. The maximum Gasteiger partial charge on any atom is 0.244 e. The SMILES string of the molecule is Cc1sc(Br)cc1S(=O)(=O)N(C)Cc1ccccc1. The van der Waals surface area contributed by atoms with Crippen LogP contribution in [0.1, 0.15) is 10.4 Å². The topological polar surface area (TPSA) is 37.4 Å². The van der Waals surface area contributed by atoms with E-state index in [0.717, 1.165) is 14.2 Å². The fourth-order valence-electron chi connectivity index (χ4n) is 1.78. The second-order valence-electron chi connectivity index (χ2n) is 4.22. The molecule has 3 nitrogen and oxygen atoms in total. The average Bonchev–Trinajstić information content (AvgIpc) is 2.70. The van der Waals surface area contributed by atoms with Crippen LogP contribution in [-0.4, -0.2) is 19.8 Å². The highest BCUT2D eigenvalue weighted by atomic mass is 79.9. The van der Waals surface area contributed by atoms with E-state index < -0.39 is 10.0 Å². The largest absolute Gasteiger partial charge is 0.244 e. The molecule has 19 heavy (non-hydrogen) atoms. The average molecular weight is 360 g/mol. The molecule has 0 unspecified atom stereocenters. The summed E-state index contributed by atoms with van der Waals surface area (Å²) in [6, 6.07) is 11.2. The van der Waals surface area contributed by atoms with Gasteiger partial charge in [0.1, 0.15) is 0 Å². The van der Waals surface area contributed by atoms with Crippen molar-refractivity contribution in [3.63, 3.8) is 0 Å². The van der Waals surface area contributed by atoms with Gasteiger partial charge in [0.25, 0.3) is 0 Å². The van der Waals surface area contributed by atoms with Crippen molar-refractivity contribution < 1.29 is 8.42 Å². The van der Waals surface area contributed by atoms with Gasteiger partial charge in [-0.05, 0) is 34.5 Å².